The minimum atomic E-state index is 0.819. The van der Waals surface area contributed by atoms with Crippen LogP contribution in [0.4, 0.5) is 0 Å². The fraction of sp³-hybridized carbons (Fsp3) is 0.714. The Balaban J connectivity index is 2.48. The van der Waals surface area contributed by atoms with E-state index in [4.69, 9.17) is 0 Å². The molecular formula is C7H12. The van der Waals surface area contributed by atoms with Crippen LogP contribution in [0.2, 0.25) is 0 Å². The molecule has 40 valence electrons. The highest BCUT2D eigenvalue weighted by atomic mass is 14.2. The van der Waals surface area contributed by atoms with E-state index >= 15 is 0 Å². The number of allylic oxidation sites excluding steroid dienone is 1. The SMILES string of the molecule is C=C1CCC[C@@H]1C. The largest absolute Gasteiger partial charge is 0.0996 e. The minimum absolute atomic E-state index is 0.819. The summed E-state index contributed by atoms with van der Waals surface area (Å²) < 4.78 is 0. The topological polar surface area (TPSA) is 0 Å². The second-order valence-corrected chi connectivity index (χ2v) is 2.45. The zero-order valence-electron chi connectivity index (χ0n) is 4.91. The molecule has 0 aromatic rings. The third-order valence-electron chi connectivity index (χ3n) is 1.83. The molecule has 0 heterocycles. The first-order valence-corrected chi connectivity index (χ1v) is 2.98. The fourth-order valence-electron chi connectivity index (χ4n) is 1.09. The van der Waals surface area contributed by atoms with Crippen LogP contribution in [0, 0.1) is 5.92 Å². The van der Waals surface area contributed by atoms with Crippen molar-refractivity contribution in [2.24, 2.45) is 5.92 Å². The highest BCUT2D eigenvalue weighted by Crippen LogP contribution is 2.28. The van der Waals surface area contributed by atoms with Crippen molar-refractivity contribution >= 4 is 0 Å². The van der Waals surface area contributed by atoms with E-state index in [9.17, 15) is 0 Å². The Labute approximate surface area is 45.2 Å². The molecule has 1 atom stereocenters. The van der Waals surface area contributed by atoms with Crippen LogP contribution in [0.25, 0.3) is 0 Å². The zero-order chi connectivity index (χ0) is 5.28. The predicted octanol–water partition coefficient (Wildman–Crippen LogP) is 2.36. The van der Waals surface area contributed by atoms with Gasteiger partial charge in [-0.25, -0.2) is 0 Å². The zero-order valence-corrected chi connectivity index (χ0v) is 4.91. The van der Waals surface area contributed by atoms with E-state index in [1.54, 1.807) is 0 Å². The van der Waals surface area contributed by atoms with Gasteiger partial charge >= 0.3 is 0 Å². The third-order valence-corrected chi connectivity index (χ3v) is 1.83. The number of hydrogen-bond donors (Lipinski definition) is 0. The molecule has 0 nitrogen and oxygen atoms in total. The highest BCUT2D eigenvalue weighted by molar-refractivity contribution is 5.03. The van der Waals surface area contributed by atoms with Crippen LogP contribution < -0.4 is 0 Å². The van der Waals surface area contributed by atoms with E-state index in [1.165, 1.54) is 24.8 Å². The van der Waals surface area contributed by atoms with E-state index in [2.05, 4.69) is 13.5 Å². The molecule has 0 unspecified atom stereocenters. The summed E-state index contributed by atoms with van der Waals surface area (Å²) in [7, 11) is 0. The van der Waals surface area contributed by atoms with Crippen molar-refractivity contribution in [1.29, 1.82) is 0 Å². The lowest BCUT2D eigenvalue weighted by molar-refractivity contribution is 0.697. The summed E-state index contributed by atoms with van der Waals surface area (Å²) in [5.74, 6) is 0.819. The number of hydrogen-bond acceptors (Lipinski definition) is 0. The van der Waals surface area contributed by atoms with Gasteiger partial charge in [0.25, 0.3) is 0 Å². The monoisotopic (exact) mass is 96.1 g/mol. The molecule has 7 heavy (non-hydrogen) atoms. The van der Waals surface area contributed by atoms with Crippen LogP contribution in [0.15, 0.2) is 12.2 Å². The first kappa shape index (κ1) is 4.89. The summed E-state index contributed by atoms with van der Waals surface area (Å²) in [6, 6.07) is 0. The Morgan fingerprint density at radius 1 is 1.71 bits per heavy atom. The summed E-state index contributed by atoms with van der Waals surface area (Å²) in [5.41, 5.74) is 1.46. The molecule has 0 aromatic heterocycles. The van der Waals surface area contributed by atoms with Gasteiger partial charge in [0.1, 0.15) is 0 Å². The Morgan fingerprint density at radius 2 is 2.43 bits per heavy atom. The van der Waals surface area contributed by atoms with Crippen LogP contribution in [-0.2, 0) is 0 Å². The van der Waals surface area contributed by atoms with Crippen molar-refractivity contribution in [2.45, 2.75) is 26.2 Å². The first-order chi connectivity index (χ1) is 3.30. The van der Waals surface area contributed by atoms with Gasteiger partial charge in [0.15, 0.2) is 0 Å². The molecule has 0 bridgehead atoms. The predicted molar refractivity (Wildman–Crippen MR) is 32.2 cm³/mol. The van der Waals surface area contributed by atoms with Gasteiger partial charge in [0.2, 0.25) is 0 Å². The molecule has 0 aromatic carbocycles. The lowest BCUT2D eigenvalue weighted by atomic mass is 10.1. The summed E-state index contributed by atoms with van der Waals surface area (Å²) >= 11 is 0. The van der Waals surface area contributed by atoms with Crippen molar-refractivity contribution in [3.05, 3.63) is 12.2 Å². The fourth-order valence-corrected chi connectivity index (χ4v) is 1.09. The van der Waals surface area contributed by atoms with Gasteiger partial charge in [-0.05, 0) is 25.2 Å². The molecule has 1 saturated carbocycles. The summed E-state index contributed by atoms with van der Waals surface area (Å²) in [6.07, 6.45) is 4.03. The van der Waals surface area contributed by atoms with Crippen LogP contribution in [0.5, 0.6) is 0 Å². The van der Waals surface area contributed by atoms with Crippen molar-refractivity contribution in [3.63, 3.8) is 0 Å². The Morgan fingerprint density at radius 3 is 2.57 bits per heavy atom. The molecule has 0 spiro atoms. The van der Waals surface area contributed by atoms with Gasteiger partial charge in [0, 0.05) is 0 Å². The van der Waals surface area contributed by atoms with Crippen molar-refractivity contribution in [2.75, 3.05) is 0 Å². The average Bonchev–Trinajstić information content (AvgIpc) is 1.91. The molecule has 1 aliphatic rings. The second kappa shape index (κ2) is 1.69. The summed E-state index contributed by atoms with van der Waals surface area (Å²) in [5, 5.41) is 0. The molecule has 1 rings (SSSR count). The quantitative estimate of drug-likeness (QED) is 0.406. The van der Waals surface area contributed by atoms with E-state index in [1.807, 2.05) is 0 Å². The van der Waals surface area contributed by atoms with Crippen LogP contribution >= 0.6 is 0 Å². The molecule has 1 aliphatic carbocycles. The van der Waals surface area contributed by atoms with Gasteiger partial charge in [-0.3, -0.25) is 0 Å². The Hall–Kier alpha value is -0.260. The third kappa shape index (κ3) is 0.846. The van der Waals surface area contributed by atoms with Gasteiger partial charge in [-0.2, -0.15) is 0 Å². The molecule has 0 saturated heterocycles. The Bertz CT molecular complexity index is 82.0. The maximum Gasteiger partial charge on any atom is -0.0234 e. The smallest absolute Gasteiger partial charge is 0.0234 e. The minimum Gasteiger partial charge on any atom is -0.0996 e. The molecule has 0 aliphatic heterocycles. The average molecular weight is 96.2 g/mol. The molecule has 0 amide bonds. The van der Waals surface area contributed by atoms with Gasteiger partial charge in [0.05, 0.1) is 0 Å². The summed E-state index contributed by atoms with van der Waals surface area (Å²) in [6.45, 7) is 6.19. The molecule has 1 fully saturated rings. The maximum absolute atomic E-state index is 3.94. The normalized spacial score (nSPS) is 31.6. The Kier molecular flexibility index (Phi) is 1.18. The van der Waals surface area contributed by atoms with Crippen molar-refractivity contribution in [1.82, 2.24) is 0 Å². The lowest BCUT2D eigenvalue weighted by Crippen LogP contribution is -1.83. The van der Waals surface area contributed by atoms with E-state index in [-0.39, 0.29) is 0 Å². The van der Waals surface area contributed by atoms with Gasteiger partial charge in [-0.15, -0.1) is 0 Å². The van der Waals surface area contributed by atoms with Crippen LogP contribution in [0.1, 0.15) is 26.2 Å². The van der Waals surface area contributed by atoms with Crippen molar-refractivity contribution in [3.8, 4) is 0 Å². The highest BCUT2D eigenvalue weighted by Gasteiger charge is 2.12. The van der Waals surface area contributed by atoms with Gasteiger partial charge < -0.3 is 0 Å². The van der Waals surface area contributed by atoms with Crippen molar-refractivity contribution < 1.29 is 0 Å². The van der Waals surface area contributed by atoms with E-state index in [0.717, 1.165) is 5.92 Å². The lowest BCUT2D eigenvalue weighted by Gasteiger charge is -1.97. The van der Waals surface area contributed by atoms with Crippen LogP contribution in [0.3, 0.4) is 0 Å². The first-order valence-electron chi connectivity index (χ1n) is 2.98. The standard InChI is InChI=1S/C7H12/c1-6-4-3-5-7(6)2/h7H,1,3-5H2,2H3/t7-/m0/s1. The van der Waals surface area contributed by atoms with E-state index < -0.39 is 0 Å². The maximum atomic E-state index is 3.94. The molecule has 0 N–H and O–H groups in total. The van der Waals surface area contributed by atoms with Crippen LogP contribution in [-0.4, -0.2) is 0 Å². The molecular weight excluding hydrogens is 84.1 g/mol. The van der Waals surface area contributed by atoms with E-state index in [0.29, 0.717) is 0 Å². The molecule has 0 heteroatoms. The summed E-state index contributed by atoms with van der Waals surface area (Å²) in [4.78, 5) is 0. The molecule has 0 radical (unpaired) electrons. The second-order valence-electron chi connectivity index (χ2n) is 2.45. The number of rotatable bonds is 0. The van der Waals surface area contributed by atoms with Gasteiger partial charge in [-0.1, -0.05) is 19.1 Å².